The largest absolute Gasteiger partial charge is 0.390 e. The summed E-state index contributed by atoms with van der Waals surface area (Å²) in [5.74, 6) is -9.59. The molecule has 3 heterocycles. The number of aromatic amines is 2. The molecule has 0 radical (unpaired) electrons. The van der Waals surface area contributed by atoms with Crippen LogP contribution in [0.2, 0.25) is 0 Å². The van der Waals surface area contributed by atoms with Crippen molar-refractivity contribution in [3.63, 3.8) is 0 Å². The number of rotatable bonds is 16. The topological polar surface area (TPSA) is 362 Å². The van der Waals surface area contributed by atoms with Crippen LogP contribution in [0.5, 0.6) is 0 Å². The molecule has 0 unspecified atom stereocenters. The molecule has 96 heavy (non-hydrogen) atoms. The first-order valence-corrected chi connectivity index (χ1v) is 33.6. The summed E-state index contributed by atoms with van der Waals surface area (Å²) in [5.41, 5.74) is 1.85. The third kappa shape index (κ3) is 20.5. The second-order valence-electron chi connectivity index (χ2n) is 28.7. The Morgan fingerprint density at radius 3 is 1.52 bits per heavy atom. The maximum Gasteiger partial charge on any atom is 0.246 e. The summed E-state index contributed by atoms with van der Waals surface area (Å²) < 4.78 is 0. The van der Waals surface area contributed by atoms with E-state index in [1.165, 1.54) is 87.7 Å². The van der Waals surface area contributed by atoms with Crippen molar-refractivity contribution in [3.8, 4) is 11.4 Å². The van der Waals surface area contributed by atoms with Gasteiger partial charge in [-0.3, -0.25) is 52.7 Å². The number of fused-ring (bicyclic) bond motifs is 1. The van der Waals surface area contributed by atoms with Crippen molar-refractivity contribution in [2.75, 3.05) is 55.9 Å². The molecular formula is C67H111N17O12. The van der Waals surface area contributed by atoms with Crippen molar-refractivity contribution >= 4 is 76.0 Å². The van der Waals surface area contributed by atoms with Crippen LogP contribution < -0.4 is 21.3 Å². The zero-order chi connectivity index (χ0) is 72.8. The van der Waals surface area contributed by atoms with E-state index < -0.39 is 156 Å². The molecule has 4 rings (SSSR count). The van der Waals surface area contributed by atoms with Gasteiger partial charge in [-0.15, -0.1) is 5.10 Å². The van der Waals surface area contributed by atoms with E-state index in [-0.39, 0.29) is 62.2 Å². The van der Waals surface area contributed by atoms with E-state index in [9.17, 15) is 38.7 Å². The number of carbonyl (C=O) groups excluding carboxylic acids is 11. The quantitative estimate of drug-likeness (QED) is 0.108. The lowest BCUT2D eigenvalue weighted by Crippen LogP contribution is -2.63. The molecule has 536 valence electrons. The van der Waals surface area contributed by atoms with Crippen LogP contribution in [0.3, 0.4) is 0 Å². The van der Waals surface area contributed by atoms with Gasteiger partial charge in [0.05, 0.1) is 23.7 Å². The Hall–Kier alpha value is -8.11. The standard InChI is InChI=1S/C67H111N17O12/c1-24-44-63(92)78(17)33-52(85)79(18)47(27-34(2)3)60(89)73-53(38(10)11)66(95)80(19)48(28-35(4)5)59(88)68-41(15)58(87)69-42(16)62(91)81(20)49(29-36(6)7)64(93)82(21)50(30-37(8)9)65(94)83(22)54(39(12)13)67(96)84(23)55(61(90)72-44)56(86)40(14)31-51-70-45-26-25-43(32-46(45)71-51)57-74-76-77-75-57/h25-26,32,34-42,44,47-50,53-56,86H,24,27-31,33H2,1-23H3,(H,68,88)(H,69,87)(H,70,71)(H,72,90)(H,73,89)(H,74,75,76,77)/t40-,41+,42-,44+,47+,48+,49+,50+,53+,54+,55+,56-/m1/s1. The smallest absolute Gasteiger partial charge is 0.246 e. The number of aliphatic hydroxyl groups excluding tert-OH is 1. The van der Waals surface area contributed by atoms with Crippen molar-refractivity contribution in [2.45, 2.75) is 216 Å². The van der Waals surface area contributed by atoms with Crippen molar-refractivity contribution in [3.05, 3.63) is 24.0 Å². The molecular weight excluding hydrogens is 1230 g/mol. The monoisotopic (exact) mass is 1350 g/mol. The molecule has 1 aliphatic heterocycles. The van der Waals surface area contributed by atoms with Crippen LogP contribution in [0.4, 0.5) is 0 Å². The van der Waals surface area contributed by atoms with Gasteiger partial charge in [-0.05, 0) is 116 Å². The molecule has 12 atom stereocenters. The average molecular weight is 1350 g/mol. The fourth-order valence-corrected chi connectivity index (χ4v) is 12.2. The first kappa shape index (κ1) is 80.3. The minimum atomic E-state index is -1.74. The Kier molecular flexibility index (Phi) is 29.5. The van der Waals surface area contributed by atoms with Crippen molar-refractivity contribution < 1.29 is 57.8 Å². The summed E-state index contributed by atoms with van der Waals surface area (Å²) in [4.78, 5) is 179. The van der Waals surface area contributed by atoms with Gasteiger partial charge in [0.15, 0.2) is 5.82 Å². The van der Waals surface area contributed by atoms with Gasteiger partial charge in [0.1, 0.15) is 66.2 Å². The van der Waals surface area contributed by atoms with Gasteiger partial charge in [0, 0.05) is 61.3 Å². The number of imidazole rings is 1. The van der Waals surface area contributed by atoms with Crippen molar-refractivity contribution in [1.82, 2.24) is 86.2 Å². The number of aliphatic hydroxyl groups is 1. The Bertz CT molecular complexity index is 3190. The van der Waals surface area contributed by atoms with Crippen LogP contribution in [-0.4, -0.2) is 257 Å². The molecule has 2 aromatic heterocycles. The molecule has 11 amide bonds. The second kappa shape index (κ2) is 35.2. The third-order valence-corrected chi connectivity index (χ3v) is 18.0. The molecule has 1 fully saturated rings. The highest BCUT2D eigenvalue weighted by Crippen LogP contribution is 2.27. The van der Waals surface area contributed by atoms with Gasteiger partial charge >= 0.3 is 0 Å². The number of benzene rings is 1. The van der Waals surface area contributed by atoms with Crippen LogP contribution >= 0.6 is 0 Å². The van der Waals surface area contributed by atoms with Gasteiger partial charge in [0.2, 0.25) is 65.0 Å². The number of hydrogen-bond acceptors (Lipinski definition) is 16. The summed E-state index contributed by atoms with van der Waals surface area (Å²) >= 11 is 0. The van der Waals surface area contributed by atoms with E-state index in [2.05, 4.69) is 46.9 Å². The molecule has 29 nitrogen and oxygen atoms in total. The predicted octanol–water partition coefficient (Wildman–Crippen LogP) is 2.60. The van der Waals surface area contributed by atoms with Crippen LogP contribution in [0, 0.1) is 41.4 Å². The fraction of sp³-hybridized carbons (Fsp3) is 0.716. The van der Waals surface area contributed by atoms with Crippen LogP contribution in [-0.2, 0) is 59.2 Å². The minimum Gasteiger partial charge on any atom is -0.390 e. The summed E-state index contributed by atoms with van der Waals surface area (Å²) in [5, 5.41) is 37.7. The molecule has 0 aliphatic carbocycles. The van der Waals surface area contributed by atoms with Gasteiger partial charge in [-0.25, -0.2) is 10.1 Å². The summed E-state index contributed by atoms with van der Waals surface area (Å²) in [6.45, 7) is 27.3. The van der Waals surface area contributed by atoms with Crippen LogP contribution in [0.25, 0.3) is 22.4 Å². The lowest BCUT2D eigenvalue weighted by atomic mass is 9.91. The molecule has 1 saturated heterocycles. The number of tetrazole rings is 1. The third-order valence-electron chi connectivity index (χ3n) is 18.0. The fourth-order valence-electron chi connectivity index (χ4n) is 12.2. The van der Waals surface area contributed by atoms with E-state index >= 15 is 19.2 Å². The molecule has 1 aliphatic rings. The highest BCUT2D eigenvalue weighted by Gasteiger charge is 2.46. The first-order valence-electron chi connectivity index (χ1n) is 33.6. The Morgan fingerprint density at radius 1 is 0.521 bits per heavy atom. The maximum absolute atomic E-state index is 15.5. The number of H-pyrrole nitrogens is 2. The number of hydrogen-bond donors (Lipinski definition) is 7. The number of likely N-dealkylation sites (N-methyl/N-ethyl adjacent to an activating group) is 7. The SMILES string of the molecule is CC[C@@H]1NC(=O)[C@H]([C@H](O)[C@H](C)Cc2nc3cc(-c4nnn[nH]4)ccc3[nH]2)N(C)C(=O)[C@H](C(C)C)N(C)C(=O)[C@H](CC(C)C)N(C)C(=O)[C@H](CC(C)C)N(C)C(=O)[C@@H](C)NC(=O)[C@H](C)NC(=O)[C@H](CC(C)C)N(C)C(=O)[C@H](C(C)C)NC(=O)[C@H](CC(C)C)N(C)C(=O)CN(C)C1=O. The van der Waals surface area contributed by atoms with Crippen molar-refractivity contribution in [2.24, 2.45) is 41.4 Å². The molecule has 1 aromatic carbocycles. The highest BCUT2D eigenvalue weighted by molar-refractivity contribution is 5.99. The summed E-state index contributed by atoms with van der Waals surface area (Å²) in [6.07, 6.45) is -1.12. The van der Waals surface area contributed by atoms with E-state index in [0.29, 0.717) is 28.2 Å². The predicted molar refractivity (Wildman–Crippen MR) is 362 cm³/mol. The Labute approximate surface area is 566 Å². The van der Waals surface area contributed by atoms with Gasteiger partial charge < -0.3 is 65.7 Å². The number of carbonyl (C=O) groups is 11. The lowest BCUT2D eigenvalue weighted by Gasteiger charge is -2.41. The molecule has 3 aromatic rings. The Balaban J connectivity index is 1.91. The minimum absolute atomic E-state index is 0.0262. The van der Waals surface area contributed by atoms with Crippen LogP contribution in [0.1, 0.15) is 149 Å². The summed E-state index contributed by atoms with van der Waals surface area (Å²) in [7, 11) is 9.84. The van der Waals surface area contributed by atoms with Gasteiger partial charge in [-0.2, -0.15) is 0 Å². The number of amides is 11. The van der Waals surface area contributed by atoms with Gasteiger partial charge in [0.25, 0.3) is 0 Å². The molecule has 0 spiro atoms. The molecule has 0 bridgehead atoms. The second-order valence-corrected chi connectivity index (χ2v) is 28.7. The molecule has 7 N–H and O–H groups in total. The van der Waals surface area contributed by atoms with Crippen molar-refractivity contribution in [1.29, 1.82) is 0 Å². The number of aromatic nitrogens is 6. The maximum atomic E-state index is 15.5. The Morgan fingerprint density at radius 2 is 1.01 bits per heavy atom. The zero-order valence-corrected chi connectivity index (χ0v) is 60.9. The first-order chi connectivity index (χ1) is 44.7. The van der Waals surface area contributed by atoms with E-state index in [1.54, 1.807) is 59.7 Å². The normalized spacial score (nSPS) is 25.1. The van der Waals surface area contributed by atoms with E-state index in [0.717, 1.165) is 9.80 Å². The van der Waals surface area contributed by atoms with E-state index in [1.807, 2.05) is 55.4 Å². The zero-order valence-electron chi connectivity index (χ0n) is 60.9. The average Bonchev–Trinajstić information content (AvgIpc) is 1.14. The molecule has 0 saturated carbocycles. The summed E-state index contributed by atoms with van der Waals surface area (Å²) in [6, 6.07) is -7.44. The van der Waals surface area contributed by atoms with E-state index in [4.69, 9.17) is 4.98 Å². The number of nitrogens with one attached hydrogen (secondary N) is 6. The number of nitrogens with zero attached hydrogens (tertiary/aromatic N) is 11. The van der Waals surface area contributed by atoms with Gasteiger partial charge in [-0.1, -0.05) is 96.9 Å². The highest BCUT2D eigenvalue weighted by atomic mass is 16.3. The van der Waals surface area contributed by atoms with Crippen LogP contribution in [0.15, 0.2) is 18.2 Å². The molecule has 29 heteroatoms. The lowest BCUT2D eigenvalue weighted by molar-refractivity contribution is -0.157.